The number of nitrogen functional groups attached to an aromatic ring is 1. The van der Waals surface area contributed by atoms with Gasteiger partial charge in [-0.2, -0.15) is 0 Å². The number of carbonyl (C=O) groups excluding carboxylic acids is 1. The average molecular weight is 315 g/mol. The Kier molecular flexibility index (Phi) is 5.24. The number of esters is 1. The van der Waals surface area contributed by atoms with Crippen LogP contribution in [0.4, 0.5) is 5.69 Å². The summed E-state index contributed by atoms with van der Waals surface area (Å²) in [7, 11) is 0. The molecule has 126 valence electrons. The number of carbonyl (C=O) groups is 1. The van der Waals surface area contributed by atoms with Gasteiger partial charge in [-0.05, 0) is 80.5 Å². The summed E-state index contributed by atoms with van der Waals surface area (Å²) in [5, 5.41) is 0. The zero-order valence-corrected chi connectivity index (χ0v) is 14.2. The maximum atomic E-state index is 12.3. The van der Waals surface area contributed by atoms with Gasteiger partial charge < -0.3 is 10.5 Å². The quantitative estimate of drug-likeness (QED) is 0.495. The maximum absolute atomic E-state index is 12.3. The molecular weight excluding hydrogens is 286 g/mol. The molecule has 2 aliphatic carbocycles. The van der Waals surface area contributed by atoms with Crippen LogP contribution in [0.3, 0.4) is 0 Å². The second-order valence-electron chi connectivity index (χ2n) is 7.62. The molecule has 0 unspecified atom stereocenters. The molecule has 0 radical (unpaired) electrons. The summed E-state index contributed by atoms with van der Waals surface area (Å²) in [4.78, 5) is 12.3. The van der Waals surface area contributed by atoms with Crippen molar-refractivity contribution < 1.29 is 9.53 Å². The summed E-state index contributed by atoms with van der Waals surface area (Å²) in [5.74, 6) is 3.27. The van der Waals surface area contributed by atoms with Crippen molar-refractivity contribution in [1.82, 2.24) is 0 Å². The zero-order chi connectivity index (χ0) is 16.2. The number of ether oxygens (including phenoxy) is 1. The molecule has 0 bridgehead atoms. The Morgan fingerprint density at radius 1 is 0.913 bits per heavy atom. The zero-order valence-electron chi connectivity index (χ0n) is 14.2. The molecule has 1 aromatic carbocycles. The lowest BCUT2D eigenvalue weighted by molar-refractivity contribution is -0.140. The van der Waals surface area contributed by atoms with E-state index in [0.717, 1.165) is 30.6 Å². The third-order valence-corrected chi connectivity index (χ3v) is 5.93. The van der Waals surface area contributed by atoms with Crippen LogP contribution in [0.1, 0.15) is 58.3 Å². The molecule has 0 saturated heterocycles. The average Bonchev–Trinajstić information content (AvgIpc) is 2.58. The molecule has 0 atom stereocenters. The molecule has 2 N–H and O–H groups in total. The van der Waals surface area contributed by atoms with Gasteiger partial charge in [-0.25, -0.2) is 0 Å². The predicted octanol–water partition coefficient (Wildman–Crippen LogP) is 4.81. The molecule has 23 heavy (non-hydrogen) atoms. The number of hydrogen-bond donors (Lipinski definition) is 1. The summed E-state index contributed by atoms with van der Waals surface area (Å²) in [6, 6.07) is 7.07. The molecule has 0 aromatic heterocycles. The van der Waals surface area contributed by atoms with E-state index in [1.807, 2.05) is 0 Å². The molecule has 2 saturated carbocycles. The highest BCUT2D eigenvalue weighted by Gasteiger charge is 2.32. The molecule has 0 amide bonds. The van der Waals surface area contributed by atoms with Crippen LogP contribution in [0.5, 0.6) is 5.75 Å². The number of rotatable bonds is 3. The third-order valence-electron chi connectivity index (χ3n) is 5.93. The third kappa shape index (κ3) is 4.27. The van der Waals surface area contributed by atoms with Crippen molar-refractivity contribution >= 4 is 11.7 Å². The first-order chi connectivity index (χ1) is 11.1. The maximum Gasteiger partial charge on any atom is 0.314 e. The second kappa shape index (κ2) is 7.37. The Labute approximate surface area is 139 Å². The lowest BCUT2D eigenvalue weighted by Crippen LogP contribution is -2.29. The Balaban J connectivity index is 1.46. The van der Waals surface area contributed by atoms with E-state index in [4.69, 9.17) is 10.5 Å². The molecule has 3 rings (SSSR count). The van der Waals surface area contributed by atoms with Gasteiger partial charge in [0.1, 0.15) is 5.75 Å². The Bertz CT molecular complexity index is 509. The van der Waals surface area contributed by atoms with Crippen molar-refractivity contribution in [3.63, 3.8) is 0 Å². The fraction of sp³-hybridized carbons (Fsp3) is 0.650. The minimum atomic E-state index is -0.0644. The summed E-state index contributed by atoms with van der Waals surface area (Å²) in [5.41, 5.74) is 6.34. The largest absolute Gasteiger partial charge is 0.426 e. The monoisotopic (exact) mass is 315 g/mol. The summed E-state index contributed by atoms with van der Waals surface area (Å²) < 4.78 is 5.51. The first kappa shape index (κ1) is 16.4. The molecular formula is C20H29NO2. The van der Waals surface area contributed by atoms with E-state index in [2.05, 4.69) is 6.92 Å². The molecule has 0 heterocycles. The predicted molar refractivity (Wildman–Crippen MR) is 93.1 cm³/mol. The number of nitrogens with two attached hydrogens (primary N) is 1. The first-order valence-corrected chi connectivity index (χ1v) is 9.19. The number of anilines is 1. The Hall–Kier alpha value is -1.51. The minimum absolute atomic E-state index is 0.0644. The highest BCUT2D eigenvalue weighted by molar-refractivity contribution is 5.75. The van der Waals surface area contributed by atoms with Crippen LogP contribution in [0.15, 0.2) is 24.3 Å². The summed E-state index contributed by atoms with van der Waals surface area (Å²) in [6.07, 6.45) is 9.95. The lowest BCUT2D eigenvalue weighted by atomic mass is 9.69. The van der Waals surface area contributed by atoms with E-state index >= 15 is 0 Å². The van der Waals surface area contributed by atoms with Crippen LogP contribution in [0, 0.1) is 23.7 Å². The van der Waals surface area contributed by atoms with Crippen LogP contribution in [0.25, 0.3) is 0 Å². The fourth-order valence-electron chi connectivity index (χ4n) is 4.32. The Morgan fingerprint density at radius 2 is 1.43 bits per heavy atom. The van der Waals surface area contributed by atoms with Crippen molar-refractivity contribution in [2.75, 3.05) is 5.73 Å². The highest BCUT2D eigenvalue weighted by atomic mass is 16.5. The molecule has 0 aliphatic heterocycles. The molecule has 1 aromatic rings. The number of hydrogen-bond acceptors (Lipinski definition) is 3. The van der Waals surface area contributed by atoms with E-state index in [0.29, 0.717) is 11.4 Å². The van der Waals surface area contributed by atoms with Gasteiger partial charge in [-0.1, -0.05) is 19.8 Å². The summed E-state index contributed by atoms with van der Waals surface area (Å²) in [6.45, 7) is 2.38. The van der Waals surface area contributed by atoms with E-state index in [-0.39, 0.29) is 11.9 Å². The van der Waals surface area contributed by atoms with Crippen molar-refractivity contribution in [2.24, 2.45) is 23.7 Å². The summed E-state index contributed by atoms with van der Waals surface area (Å²) >= 11 is 0. The van der Waals surface area contributed by atoms with Crippen LogP contribution in [-0.2, 0) is 4.79 Å². The normalized spacial score (nSPS) is 31.5. The molecule has 2 aliphatic rings. The van der Waals surface area contributed by atoms with Crippen LogP contribution in [0.2, 0.25) is 0 Å². The smallest absolute Gasteiger partial charge is 0.314 e. The van der Waals surface area contributed by atoms with Crippen molar-refractivity contribution in [1.29, 1.82) is 0 Å². The second-order valence-corrected chi connectivity index (χ2v) is 7.62. The first-order valence-electron chi connectivity index (χ1n) is 9.19. The van der Waals surface area contributed by atoms with Gasteiger partial charge in [0.25, 0.3) is 0 Å². The topological polar surface area (TPSA) is 52.3 Å². The van der Waals surface area contributed by atoms with E-state index in [9.17, 15) is 4.79 Å². The van der Waals surface area contributed by atoms with Crippen molar-refractivity contribution in [3.8, 4) is 5.75 Å². The van der Waals surface area contributed by atoms with Gasteiger partial charge in [0.15, 0.2) is 0 Å². The van der Waals surface area contributed by atoms with Crippen LogP contribution in [-0.4, -0.2) is 5.97 Å². The van der Waals surface area contributed by atoms with Crippen molar-refractivity contribution in [2.45, 2.75) is 58.3 Å². The molecule has 3 nitrogen and oxygen atoms in total. The number of benzene rings is 1. The van der Waals surface area contributed by atoms with Gasteiger partial charge in [0.05, 0.1) is 5.92 Å². The van der Waals surface area contributed by atoms with E-state index in [1.54, 1.807) is 24.3 Å². The fourth-order valence-corrected chi connectivity index (χ4v) is 4.32. The molecule has 3 heteroatoms. The standard InChI is InChI=1S/C20H29NO2/c1-14-2-4-15(5-3-14)16-6-8-17(9-7-16)20(22)23-19-12-10-18(21)11-13-19/h10-17H,2-9,21H2,1H3. The van der Waals surface area contributed by atoms with Gasteiger partial charge >= 0.3 is 5.97 Å². The van der Waals surface area contributed by atoms with Gasteiger partial charge in [-0.15, -0.1) is 0 Å². The van der Waals surface area contributed by atoms with Gasteiger partial charge in [0.2, 0.25) is 0 Å². The molecule has 0 spiro atoms. The lowest BCUT2D eigenvalue weighted by Gasteiger charge is -2.36. The van der Waals surface area contributed by atoms with Gasteiger partial charge in [0, 0.05) is 5.69 Å². The van der Waals surface area contributed by atoms with Gasteiger partial charge in [-0.3, -0.25) is 4.79 Å². The Morgan fingerprint density at radius 3 is 2.00 bits per heavy atom. The van der Waals surface area contributed by atoms with E-state index in [1.165, 1.54) is 38.5 Å². The minimum Gasteiger partial charge on any atom is -0.426 e. The van der Waals surface area contributed by atoms with E-state index < -0.39 is 0 Å². The van der Waals surface area contributed by atoms with Crippen LogP contribution >= 0.6 is 0 Å². The highest BCUT2D eigenvalue weighted by Crippen LogP contribution is 2.41. The van der Waals surface area contributed by atoms with Crippen molar-refractivity contribution in [3.05, 3.63) is 24.3 Å². The van der Waals surface area contributed by atoms with Crippen LogP contribution < -0.4 is 10.5 Å². The SMILES string of the molecule is CC1CCC(C2CCC(C(=O)Oc3ccc(N)cc3)CC2)CC1. The molecule has 2 fully saturated rings.